The Hall–Kier alpha value is -2.45. The number of nitrogens with two attached hydrogens (primary N) is 2. The van der Waals surface area contributed by atoms with Crippen LogP contribution in [0.15, 0.2) is 87.5 Å². The molecule has 0 aliphatic carbocycles. The van der Waals surface area contributed by atoms with Crippen molar-refractivity contribution in [2.45, 2.75) is 10.9 Å². The number of nitrogens with zero attached hydrogens (tertiary/aromatic N) is 4. The number of likely N-dealkylation sites (N-methyl/N-ethyl adjacent to an activating group) is 1. The van der Waals surface area contributed by atoms with E-state index >= 15 is 0 Å². The molecule has 0 spiro atoms. The second-order valence-electron chi connectivity index (χ2n) is 8.00. The van der Waals surface area contributed by atoms with Gasteiger partial charge in [-0.1, -0.05) is 66.3 Å². The van der Waals surface area contributed by atoms with Gasteiger partial charge in [-0.3, -0.25) is 4.90 Å². The Bertz CT molecular complexity index is 1030. The van der Waals surface area contributed by atoms with Gasteiger partial charge in [0.15, 0.2) is 0 Å². The van der Waals surface area contributed by atoms with Crippen molar-refractivity contribution in [1.82, 2.24) is 14.7 Å². The summed E-state index contributed by atoms with van der Waals surface area (Å²) in [6, 6.07) is 18.0. The highest BCUT2D eigenvalue weighted by atomic mass is 35.5. The Morgan fingerprint density at radius 1 is 1.09 bits per heavy atom. The van der Waals surface area contributed by atoms with Gasteiger partial charge in [0.25, 0.3) is 0 Å². The van der Waals surface area contributed by atoms with Crippen molar-refractivity contribution in [3.63, 3.8) is 0 Å². The molecule has 0 amide bonds. The third-order valence-corrected chi connectivity index (χ3v) is 7.15. The van der Waals surface area contributed by atoms with Crippen LogP contribution in [-0.4, -0.2) is 60.4 Å². The van der Waals surface area contributed by atoms with Crippen molar-refractivity contribution in [2.24, 2.45) is 16.5 Å². The lowest BCUT2D eigenvalue weighted by Crippen LogP contribution is -2.54. The molecule has 1 atom stereocenters. The van der Waals surface area contributed by atoms with Crippen LogP contribution in [0.2, 0.25) is 5.02 Å². The van der Waals surface area contributed by atoms with Crippen molar-refractivity contribution in [1.29, 1.82) is 0 Å². The van der Waals surface area contributed by atoms with Crippen LogP contribution in [0.5, 0.6) is 0 Å². The van der Waals surface area contributed by atoms with Crippen LogP contribution in [0.25, 0.3) is 0 Å². The van der Waals surface area contributed by atoms with E-state index in [-0.39, 0.29) is 6.04 Å². The van der Waals surface area contributed by atoms with Crippen molar-refractivity contribution in [2.75, 3.05) is 39.8 Å². The number of aliphatic imine (C=N–C) groups is 1. The first-order chi connectivity index (χ1) is 15.4. The molecule has 0 radical (unpaired) electrons. The van der Waals surface area contributed by atoms with Crippen molar-refractivity contribution in [3.8, 4) is 0 Å². The zero-order valence-corrected chi connectivity index (χ0v) is 19.8. The summed E-state index contributed by atoms with van der Waals surface area (Å²) in [7, 11) is 1.99. The number of hydrogen-bond acceptors (Lipinski definition) is 7. The first-order valence-corrected chi connectivity index (χ1v) is 11.8. The van der Waals surface area contributed by atoms with Gasteiger partial charge in [0, 0.05) is 55.7 Å². The molecule has 0 bridgehead atoms. The highest BCUT2D eigenvalue weighted by Crippen LogP contribution is 2.37. The SMILES string of the molecule is C=C1C(Sc2cccc(Cl)c2)=C(N)N=C(N2CCN(CC(N)c3ccccc3)CC2)N1C. The molecule has 0 aromatic heterocycles. The van der Waals surface area contributed by atoms with Gasteiger partial charge in [0.1, 0.15) is 5.82 Å². The van der Waals surface area contributed by atoms with E-state index in [4.69, 9.17) is 28.1 Å². The van der Waals surface area contributed by atoms with Crippen LogP contribution in [-0.2, 0) is 0 Å². The van der Waals surface area contributed by atoms with Crippen molar-refractivity contribution >= 4 is 29.3 Å². The molecule has 1 fully saturated rings. The number of thioether (sulfide) groups is 1. The maximum Gasteiger partial charge on any atom is 0.207 e. The Kier molecular flexibility index (Phi) is 7.10. The maximum atomic E-state index is 6.42. The minimum Gasteiger partial charge on any atom is -0.383 e. The molecule has 32 heavy (non-hydrogen) atoms. The zero-order valence-electron chi connectivity index (χ0n) is 18.2. The Morgan fingerprint density at radius 2 is 1.81 bits per heavy atom. The van der Waals surface area contributed by atoms with Gasteiger partial charge in [0.2, 0.25) is 5.96 Å². The van der Waals surface area contributed by atoms with E-state index < -0.39 is 0 Å². The molecule has 8 heteroatoms. The minimum absolute atomic E-state index is 0.0156. The predicted octanol–water partition coefficient (Wildman–Crippen LogP) is 3.69. The van der Waals surface area contributed by atoms with Crippen molar-refractivity contribution < 1.29 is 0 Å². The average Bonchev–Trinajstić information content (AvgIpc) is 2.80. The second-order valence-corrected chi connectivity index (χ2v) is 9.52. The molecule has 4 rings (SSSR count). The molecule has 0 saturated carbocycles. The van der Waals surface area contributed by atoms with Gasteiger partial charge in [-0.15, -0.1) is 0 Å². The highest BCUT2D eigenvalue weighted by Gasteiger charge is 2.29. The molecular formula is C24H29ClN6S. The van der Waals surface area contributed by atoms with Gasteiger partial charge in [-0.25, -0.2) is 0 Å². The number of rotatable bonds is 5. The largest absolute Gasteiger partial charge is 0.383 e. The van der Waals surface area contributed by atoms with E-state index in [1.54, 1.807) is 0 Å². The molecule has 1 unspecified atom stereocenters. The fourth-order valence-corrected chi connectivity index (χ4v) is 5.14. The van der Waals surface area contributed by atoms with Crippen LogP contribution in [0.4, 0.5) is 0 Å². The van der Waals surface area contributed by atoms with Crippen LogP contribution >= 0.6 is 23.4 Å². The summed E-state index contributed by atoms with van der Waals surface area (Å²) in [6.45, 7) is 8.70. The molecule has 168 valence electrons. The Labute approximate surface area is 199 Å². The normalized spacial score (nSPS) is 18.7. The summed E-state index contributed by atoms with van der Waals surface area (Å²) < 4.78 is 0. The molecule has 2 heterocycles. The minimum atomic E-state index is 0.0156. The van der Waals surface area contributed by atoms with Gasteiger partial charge in [-0.2, -0.15) is 4.99 Å². The molecule has 1 saturated heterocycles. The fraction of sp³-hybridized carbons (Fsp3) is 0.292. The number of hydrogen-bond donors (Lipinski definition) is 2. The standard InChI is InChI=1S/C24H29ClN6S/c1-17-22(32-20-10-6-9-19(25)15-20)23(27)28-24(29(17)2)31-13-11-30(12-14-31)16-21(26)18-7-4-3-5-8-18/h3-10,15,21H,1,11-14,16,26-27H2,2H3. The molecule has 6 nitrogen and oxygen atoms in total. The van der Waals surface area contributed by atoms with Gasteiger partial charge >= 0.3 is 0 Å². The van der Waals surface area contributed by atoms with Crippen LogP contribution in [0.3, 0.4) is 0 Å². The van der Waals surface area contributed by atoms with Gasteiger partial charge in [0.05, 0.1) is 10.6 Å². The zero-order chi connectivity index (χ0) is 22.7. The summed E-state index contributed by atoms with van der Waals surface area (Å²) in [5.74, 6) is 1.33. The van der Waals surface area contributed by atoms with E-state index in [9.17, 15) is 0 Å². The lowest BCUT2D eigenvalue weighted by molar-refractivity contribution is 0.166. The molecular weight excluding hydrogens is 440 g/mol. The first kappa shape index (κ1) is 22.7. The maximum absolute atomic E-state index is 6.42. The van der Waals surface area contributed by atoms with Crippen LogP contribution in [0, 0.1) is 0 Å². The van der Waals surface area contributed by atoms with Gasteiger partial charge in [-0.05, 0) is 23.8 Å². The smallest absolute Gasteiger partial charge is 0.207 e. The topological polar surface area (TPSA) is 74.1 Å². The summed E-state index contributed by atoms with van der Waals surface area (Å²) in [5.41, 5.74) is 14.8. The van der Waals surface area contributed by atoms with E-state index in [1.165, 1.54) is 17.3 Å². The monoisotopic (exact) mass is 468 g/mol. The van der Waals surface area contributed by atoms with Crippen LogP contribution < -0.4 is 11.5 Å². The van der Waals surface area contributed by atoms with E-state index in [0.717, 1.165) is 54.2 Å². The van der Waals surface area contributed by atoms with Crippen LogP contribution in [0.1, 0.15) is 11.6 Å². The third-order valence-electron chi connectivity index (χ3n) is 5.77. The molecule has 4 N–H and O–H groups in total. The first-order valence-electron chi connectivity index (χ1n) is 10.6. The van der Waals surface area contributed by atoms with Gasteiger partial charge < -0.3 is 21.3 Å². The van der Waals surface area contributed by atoms with E-state index in [1.807, 2.05) is 54.4 Å². The lowest BCUT2D eigenvalue weighted by atomic mass is 10.1. The lowest BCUT2D eigenvalue weighted by Gasteiger charge is -2.41. The fourth-order valence-electron chi connectivity index (χ4n) is 3.91. The summed E-state index contributed by atoms with van der Waals surface area (Å²) in [6.07, 6.45) is 0. The molecule has 2 aromatic carbocycles. The Morgan fingerprint density at radius 3 is 2.50 bits per heavy atom. The summed E-state index contributed by atoms with van der Waals surface area (Å²) in [4.78, 5) is 13.3. The number of benzene rings is 2. The Balaban J connectivity index is 1.41. The van der Waals surface area contributed by atoms with E-state index in [2.05, 4.69) is 28.5 Å². The van der Waals surface area contributed by atoms with Crippen molar-refractivity contribution in [3.05, 3.63) is 88.2 Å². The quantitative estimate of drug-likeness (QED) is 0.697. The third kappa shape index (κ3) is 5.13. The number of halogens is 1. The van der Waals surface area contributed by atoms with E-state index in [0.29, 0.717) is 10.8 Å². The number of guanidine groups is 1. The molecule has 2 aliphatic heterocycles. The average molecular weight is 469 g/mol. The summed E-state index contributed by atoms with van der Waals surface area (Å²) in [5, 5.41) is 0.693. The highest BCUT2D eigenvalue weighted by molar-refractivity contribution is 8.03. The molecule has 2 aliphatic rings. The summed E-state index contributed by atoms with van der Waals surface area (Å²) >= 11 is 7.66. The molecule has 2 aromatic rings. The second kappa shape index (κ2) is 10.0. The number of piperazine rings is 1. The predicted molar refractivity (Wildman–Crippen MR) is 134 cm³/mol.